The molecule has 5 nitrogen and oxygen atoms in total. The van der Waals surface area contributed by atoms with Gasteiger partial charge in [0.05, 0.1) is 18.3 Å². The Bertz CT molecular complexity index is 994. The average Bonchev–Trinajstić information content (AvgIpc) is 3.21. The molecule has 4 rings (SSSR count). The Morgan fingerprint density at radius 2 is 1.90 bits per heavy atom. The Labute approximate surface area is 178 Å². The number of para-hydroxylation sites is 1. The number of nitrogens with zero attached hydrogens (tertiary/aromatic N) is 2. The summed E-state index contributed by atoms with van der Waals surface area (Å²) in [6, 6.07) is 20.9. The lowest BCUT2D eigenvalue weighted by atomic mass is 10.00. The lowest BCUT2D eigenvalue weighted by Gasteiger charge is -2.31. The van der Waals surface area contributed by atoms with E-state index in [9.17, 15) is 4.79 Å². The van der Waals surface area contributed by atoms with Gasteiger partial charge in [-0.1, -0.05) is 49.4 Å². The fraction of sp³-hybridized carbons (Fsp3) is 0.320. The molecule has 0 saturated carbocycles. The van der Waals surface area contributed by atoms with Crippen molar-refractivity contribution in [1.82, 2.24) is 14.8 Å². The lowest BCUT2D eigenvalue weighted by Crippen LogP contribution is -2.42. The molecule has 3 aromatic rings. The van der Waals surface area contributed by atoms with E-state index >= 15 is 0 Å². The molecule has 156 valence electrons. The second-order valence-corrected chi connectivity index (χ2v) is 7.64. The van der Waals surface area contributed by atoms with Crippen LogP contribution in [0.3, 0.4) is 0 Å². The van der Waals surface area contributed by atoms with Gasteiger partial charge in [0.15, 0.2) is 0 Å². The van der Waals surface area contributed by atoms with Crippen LogP contribution in [0.25, 0.3) is 5.69 Å². The number of urea groups is 1. The quantitative estimate of drug-likeness (QED) is 0.607. The zero-order valence-electron chi connectivity index (χ0n) is 17.7. The molecule has 1 aromatic heterocycles. The standard InChI is InChI=1S/C25H29N3O2/c1-3-19-11-13-20(14-12-19)24-23-10-6-16-27(23)22-9-5-4-8-21(22)18-28(24)25(29)26-15-7-17-30-2/h4-6,8-14,16,24H,3,7,15,17-18H2,1-2H3,(H,26,29)/t24-/m1/s1. The highest BCUT2D eigenvalue weighted by Gasteiger charge is 2.32. The topological polar surface area (TPSA) is 46.5 Å². The van der Waals surface area contributed by atoms with E-state index in [1.807, 2.05) is 17.0 Å². The number of ether oxygens (including phenoxy) is 1. The van der Waals surface area contributed by atoms with Gasteiger partial charge in [-0.25, -0.2) is 4.79 Å². The number of methoxy groups -OCH3 is 1. The summed E-state index contributed by atoms with van der Waals surface area (Å²) in [5, 5.41) is 3.09. The Hall–Kier alpha value is -3.05. The number of aromatic nitrogens is 1. The lowest BCUT2D eigenvalue weighted by molar-refractivity contribution is 0.174. The molecule has 2 amide bonds. The molecule has 2 heterocycles. The van der Waals surface area contributed by atoms with E-state index in [0.717, 1.165) is 35.3 Å². The van der Waals surface area contributed by atoms with E-state index in [1.165, 1.54) is 5.56 Å². The smallest absolute Gasteiger partial charge is 0.318 e. The number of rotatable bonds is 6. The minimum Gasteiger partial charge on any atom is -0.385 e. The molecule has 1 N–H and O–H groups in total. The number of aryl methyl sites for hydroxylation is 1. The molecule has 0 radical (unpaired) electrons. The summed E-state index contributed by atoms with van der Waals surface area (Å²) in [6.07, 6.45) is 3.87. The van der Waals surface area contributed by atoms with Crippen LogP contribution in [-0.4, -0.2) is 35.8 Å². The number of hydrogen-bond acceptors (Lipinski definition) is 2. The molecule has 0 fully saturated rings. The minimum absolute atomic E-state index is 0.0554. The van der Waals surface area contributed by atoms with Crippen LogP contribution >= 0.6 is 0 Å². The van der Waals surface area contributed by atoms with E-state index in [-0.39, 0.29) is 12.1 Å². The number of nitrogens with one attached hydrogen (secondary N) is 1. The van der Waals surface area contributed by atoms with Crippen molar-refractivity contribution in [2.24, 2.45) is 0 Å². The minimum atomic E-state index is -0.166. The summed E-state index contributed by atoms with van der Waals surface area (Å²) in [5.74, 6) is 0. The molecular weight excluding hydrogens is 374 g/mol. The molecular formula is C25H29N3O2. The summed E-state index contributed by atoms with van der Waals surface area (Å²) >= 11 is 0. The van der Waals surface area contributed by atoms with Crippen LogP contribution in [0.5, 0.6) is 0 Å². The van der Waals surface area contributed by atoms with Crippen molar-refractivity contribution < 1.29 is 9.53 Å². The molecule has 0 saturated heterocycles. The maximum absolute atomic E-state index is 13.3. The van der Waals surface area contributed by atoms with E-state index in [1.54, 1.807) is 7.11 Å². The highest BCUT2D eigenvalue weighted by atomic mass is 16.5. The Morgan fingerprint density at radius 3 is 2.67 bits per heavy atom. The molecule has 0 unspecified atom stereocenters. The number of fused-ring (bicyclic) bond motifs is 3. The zero-order chi connectivity index (χ0) is 20.9. The van der Waals surface area contributed by atoms with Crippen molar-refractivity contribution in [2.75, 3.05) is 20.3 Å². The van der Waals surface area contributed by atoms with E-state index < -0.39 is 0 Å². The average molecular weight is 404 g/mol. The maximum atomic E-state index is 13.3. The second-order valence-electron chi connectivity index (χ2n) is 7.64. The summed E-state index contributed by atoms with van der Waals surface area (Å²) in [6.45, 7) is 3.93. The normalized spacial score (nSPS) is 15.3. The monoisotopic (exact) mass is 403 g/mol. The SMILES string of the molecule is CCc1ccc([C@@H]2c3cccn3-c3ccccc3CN2C(=O)NCCCOC)cc1. The van der Waals surface area contributed by atoms with Crippen molar-refractivity contribution in [1.29, 1.82) is 0 Å². The van der Waals surface area contributed by atoms with Gasteiger partial charge in [-0.3, -0.25) is 0 Å². The summed E-state index contributed by atoms with van der Waals surface area (Å²) in [5.41, 5.74) is 5.77. The summed E-state index contributed by atoms with van der Waals surface area (Å²) in [7, 11) is 1.68. The maximum Gasteiger partial charge on any atom is 0.318 e. The number of carbonyl (C=O) groups is 1. The van der Waals surface area contributed by atoms with Crippen LogP contribution in [-0.2, 0) is 17.7 Å². The van der Waals surface area contributed by atoms with E-state index in [0.29, 0.717) is 19.7 Å². The van der Waals surface area contributed by atoms with Gasteiger partial charge >= 0.3 is 6.03 Å². The summed E-state index contributed by atoms with van der Waals surface area (Å²) in [4.78, 5) is 15.3. The third-order valence-corrected chi connectivity index (χ3v) is 5.73. The molecule has 1 aliphatic rings. The highest BCUT2D eigenvalue weighted by Crippen LogP contribution is 2.36. The molecule has 0 spiro atoms. The van der Waals surface area contributed by atoms with Crippen molar-refractivity contribution in [3.05, 3.63) is 89.2 Å². The van der Waals surface area contributed by atoms with Gasteiger partial charge in [-0.15, -0.1) is 0 Å². The number of benzene rings is 2. The fourth-order valence-corrected chi connectivity index (χ4v) is 4.14. The second kappa shape index (κ2) is 9.18. The van der Waals surface area contributed by atoms with E-state index in [4.69, 9.17) is 4.74 Å². The van der Waals surface area contributed by atoms with Crippen LogP contribution in [0.4, 0.5) is 4.79 Å². The molecule has 0 bridgehead atoms. The van der Waals surface area contributed by atoms with Gasteiger partial charge in [-0.2, -0.15) is 0 Å². The van der Waals surface area contributed by atoms with Gasteiger partial charge in [0, 0.05) is 32.2 Å². The van der Waals surface area contributed by atoms with Crippen LogP contribution in [0.1, 0.15) is 41.8 Å². The largest absolute Gasteiger partial charge is 0.385 e. The van der Waals surface area contributed by atoms with Gasteiger partial charge < -0.3 is 19.5 Å². The molecule has 1 aliphatic heterocycles. The van der Waals surface area contributed by atoms with Crippen molar-refractivity contribution in [2.45, 2.75) is 32.4 Å². The Morgan fingerprint density at radius 1 is 1.10 bits per heavy atom. The highest BCUT2D eigenvalue weighted by molar-refractivity contribution is 5.76. The first-order valence-electron chi connectivity index (χ1n) is 10.6. The van der Waals surface area contributed by atoms with Gasteiger partial charge in [-0.05, 0) is 47.7 Å². The van der Waals surface area contributed by atoms with Crippen molar-refractivity contribution in [3.8, 4) is 5.69 Å². The van der Waals surface area contributed by atoms with Crippen LogP contribution in [0, 0.1) is 0 Å². The van der Waals surface area contributed by atoms with Crippen LogP contribution < -0.4 is 5.32 Å². The fourth-order valence-electron chi connectivity index (χ4n) is 4.14. The Balaban J connectivity index is 1.75. The zero-order valence-corrected chi connectivity index (χ0v) is 17.7. The number of amides is 2. The van der Waals surface area contributed by atoms with Gasteiger partial charge in [0.2, 0.25) is 0 Å². The predicted molar refractivity (Wildman–Crippen MR) is 119 cm³/mol. The van der Waals surface area contributed by atoms with Crippen molar-refractivity contribution in [3.63, 3.8) is 0 Å². The third kappa shape index (κ3) is 3.98. The van der Waals surface area contributed by atoms with Crippen LogP contribution in [0.15, 0.2) is 66.9 Å². The number of carbonyl (C=O) groups excluding carboxylic acids is 1. The van der Waals surface area contributed by atoms with Crippen LogP contribution in [0.2, 0.25) is 0 Å². The predicted octanol–water partition coefficient (Wildman–Crippen LogP) is 4.69. The molecule has 0 aliphatic carbocycles. The molecule has 2 aromatic carbocycles. The van der Waals surface area contributed by atoms with Gasteiger partial charge in [0.25, 0.3) is 0 Å². The Kier molecular flexibility index (Phi) is 6.19. The molecule has 5 heteroatoms. The molecule has 30 heavy (non-hydrogen) atoms. The van der Waals surface area contributed by atoms with Gasteiger partial charge in [0.1, 0.15) is 0 Å². The van der Waals surface area contributed by atoms with E-state index in [2.05, 4.69) is 71.5 Å². The van der Waals surface area contributed by atoms with Crippen molar-refractivity contribution >= 4 is 6.03 Å². The first-order valence-corrected chi connectivity index (χ1v) is 10.6. The summed E-state index contributed by atoms with van der Waals surface area (Å²) < 4.78 is 7.33. The third-order valence-electron chi connectivity index (χ3n) is 5.73. The number of hydrogen-bond donors (Lipinski definition) is 1. The first kappa shape index (κ1) is 20.2. The first-order chi connectivity index (χ1) is 14.7. The molecule has 1 atom stereocenters.